The monoisotopic (exact) mass is 345 g/mol. The molecule has 4 rings (SSSR count). The predicted molar refractivity (Wildman–Crippen MR) is 90.7 cm³/mol. The average molecular weight is 345 g/mol. The Bertz CT molecular complexity index is 727. The maximum atomic E-state index is 12.4. The second kappa shape index (κ2) is 6.76. The Kier molecular flexibility index (Phi) is 4.34. The molecular formula is C17H19N3O3S. The van der Waals surface area contributed by atoms with Crippen molar-refractivity contribution in [2.75, 3.05) is 11.9 Å². The molecule has 1 aliphatic carbocycles. The van der Waals surface area contributed by atoms with E-state index in [1.807, 2.05) is 18.2 Å². The van der Waals surface area contributed by atoms with Gasteiger partial charge in [0.15, 0.2) is 11.5 Å². The van der Waals surface area contributed by atoms with Crippen LogP contribution in [0.1, 0.15) is 43.0 Å². The molecule has 24 heavy (non-hydrogen) atoms. The summed E-state index contributed by atoms with van der Waals surface area (Å²) in [7, 11) is 0. The predicted octanol–water partition coefficient (Wildman–Crippen LogP) is 3.36. The van der Waals surface area contributed by atoms with Gasteiger partial charge in [-0.3, -0.25) is 10.1 Å². The number of anilines is 1. The largest absolute Gasteiger partial charge is 0.485 e. The Hall–Kier alpha value is -2.15. The molecule has 1 N–H and O–H groups in total. The van der Waals surface area contributed by atoms with Crippen LogP contribution in [0.15, 0.2) is 24.3 Å². The number of aromatic nitrogens is 2. The summed E-state index contributed by atoms with van der Waals surface area (Å²) in [6.07, 6.45) is 5.45. The van der Waals surface area contributed by atoms with E-state index in [4.69, 9.17) is 9.47 Å². The fourth-order valence-corrected chi connectivity index (χ4v) is 4.05. The van der Waals surface area contributed by atoms with Crippen LogP contribution in [0.3, 0.4) is 0 Å². The number of carbonyl (C=O) groups is 1. The average Bonchev–Trinajstić information content (AvgIpc) is 3.10. The molecule has 1 aromatic heterocycles. The van der Waals surface area contributed by atoms with Gasteiger partial charge in [0.05, 0.1) is 0 Å². The molecule has 2 aliphatic rings. The van der Waals surface area contributed by atoms with Gasteiger partial charge in [-0.25, -0.2) is 0 Å². The summed E-state index contributed by atoms with van der Waals surface area (Å²) in [4.78, 5) is 12.4. The van der Waals surface area contributed by atoms with Gasteiger partial charge in [-0.05, 0) is 25.0 Å². The summed E-state index contributed by atoms with van der Waals surface area (Å²) in [5.41, 5.74) is 0. The normalized spacial score (nSPS) is 20.6. The third kappa shape index (κ3) is 3.21. The molecule has 0 bridgehead atoms. The summed E-state index contributed by atoms with van der Waals surface area (Å²) in [5, 5.41) is 12.7. The first-order valence-electron chi connectivity index (χ1n) is 8.32. The van der Waals surface area contributed by atoms with Crippen molar-refractivity contribution in [1.82, 2.24) is 10.2 Å². The minimum Gasteiger partial charge on any atom is -0.485 e. The second-order valence-electron chi connectivity index (χ2n) is 6.13. The fourth-order valence-electron chi connectivity index (χ4n) is 3.13. The highest BCUT2D eigenvalue weighted by atomic mass is 32.1. The van der Waals surface area contributed by atoms with Crippen LogP contribution in [0.5, 0.6) is 11.5 Å². The van der Waals surface area contributed by atoms with Crippen molar-refractivity contribution in [3.05, 3.63) is 29.3 Å². The lowest BCUT2D eigenvalue weighted by Crippen LogP contribution is -2.40. The number of hydrogen-bond donors (Lipinski definition) is 1. The molecule has 1 atom stereocenters. The van der Waals surface area contributed by atoms with E-state index in [1.54, 1.807) is 6.07 Å². The van der Waals surface area contributed by atoms with Crippen LogP contribution in [0.25, 0.3) is 0 Å². The molecule has 0 spiro atoms. The van der Waals surface area contributed by atoms with Crippen molar-refractivity contribution in [1.29, 1.82) is 0 Å². The summed E-state index contributed by atoms with van der Waals surface area (Å²) >= 11 is 1.47. The number of benzene rings is 1. The zero-order valence-corrected chi connectivity index (χ0v) is 14.1. The SMILES string of the molecule is O=C(Nc1nnc(C2CCCCC2)s1)[C@H]1COc2ccccc2O1. The molecule has 0 saturated heterocycles. The van der Waals surface area contributed by atoms with Gasteiger partial charge in [0.1, 0.15) is 11.6 Å². The molecule has 2 aromatic rings. The van der Waals surface area contributed by atoms with Crippen LogP contribution in [0.2, 0.25) is 0 Å². The van der Waals surface area contributed by atoms with Gasteiger partial charge in [-0.1, -0.05) is 42.7 Å². The third-order valence-electron chi connectivity index (χ3n) is 4.43. The van der Waals surface area contributed by atoms with Gasteiger partial charge < -0.3 is 9.47 Å². The molecule has 1 aliphatic heterocycles. The van der Waals surface area contributed by atoms with Gasteiger partial charge >= 0.3 is 0 Å². The topological polar surface area (TPSA) is 73.3 Å². The summed E-state index contributed by atoms with van der Waals surface area (Å²) in [6.45, 7) is 0.192. The second-order valence-corrected chi connectivity index (χ2v) is 7.14. The number of nitrogens with zero attached hydrogens (tertiary/aromatic N) is 2. The lowest BCUT2D eigenvalue weighted by molar-refractivity contribution is -0.125. The van der Waals surface area contributed by atoms with Gasteiger partial charge in [0.2, 0.25) is 11.2 Å². The van der Waals surface area contributed by atoms with Crippen molar-refractivity contribution >= 4 is 22.4 Å². The Morgan fingerprint density at radius 1 is 1.12 bits per heavy atom. The van der Waals surface area contributed by atoms with Gasteiger partial charge in [-0.15, -0.1) is 10.2 Å². The number of para-hydroxylation sites is 2. The quantitative estimate of drug-likeness (QED) is 0.923. The molecule has 1 saturated carbocycles. The van der Waals surface area contributed by atoms with Crippen LogP contribution < -0.4 is 14.8 Å². The Morgan fingerprint density at radius 3 is 2.75 bits per heavy atom. The van der Waals surface area contributed by atoms with E-state index in [-0.39, 0.29) is 12.5 Å². The summed E-state index contributed by atoms with van der Waals surface area (Å²) in [5.74, 6) is 1.49. The van der Waals surface area contributed by atoms with Crippen molar-refractivity contribution in [3.63, 3.8) is 0 Å². The van der Waals surface area contributed by atoms with Crippen LogP contribution >= 0.6 is 11.3 Å². The highest BCUT2D eigenvalue weighted by molar-refractivity contribution is 7.15. The summed E-state index contributed by atoms with van der Waals surface area (Å²) < 4.78 is 11.3. The molecule has 0 radical (unpaired) electrons. The van der Waals surface area contributed by atoms with E-state index in [0.717, 1.165) is 5.01 Å². The lowest BCUT2D eigenvalue weighted by atomic mass is 9.90. The van der Waals surface area contributed by atoms with Gasteiger partial charge in [-0.2, -0.15) is 0 Å². The Morgan fingerprint density at radius 2 is 1.92 bits per heavy atom. The highest BCUT2D eigenvalue weighted by Gasteiger charge is 2.28. The molecule has 1 aromatic carbocycles. The van der Waals surface area contributed by atoms with Crippen molar-refractivity contribution in [2.45, 2.75) is 44.1 Å². The van der Waals surface area contributed by atoms with Crippen LogP contribution in [-0.2, 0) is 4.79 Å². The molecular weight excluding hydrogens is 326 g/mol. The maximum absolute atomic E-state index is 12.4. The van der Waals surface area contributed by atoms with Crippen LogP contribution in [0, 0.1) is 0 Å². The Labute approximate surface area is 144 Å². The lowest BCUT2D eigenvalue weighted by Gasteiger charge is -2.25. The van der Waals surface area contributed by atoms with Crippen molar-refractivity contribution in [3.8, 4) is 11.5 Å². The Balaban J connectivity index is 1.39. The van der Waals surface area contributed by atoms with Crippen LogP contribution in [-0.4, -0.2) is 28.8 Å². The third-order valence-corrected chi connectivity index (χ3v) is 5.43. The zero-order valence-electron chi connectivity index (χ0n) is 13.2. The number of nitrogens with one attached hydrogen (secondary N) is 1. The molecule has 1 fully saturated rings. The van der Waals surface area contributed by atoms with Crippen LogP contribution in [0.4, 0.5) is 5.13 Å². The highest BCUT2D eigenvalue weighted by Crippen LogP contribution is 2.35. The minimum absolute atomic E-state index is 0.192. The van der Waals surface area contributed by atoms with E-state index >= 15 is 0 Å². The number of ether oxygens (including phenoxy) is 2. The van der Waals surface area contributed by atoms with Gasteiger partial charge in [0.25, 0.3) is 5.91 Å². The van der Waals surface area contributed by atoms with Crippen molar-refractivity contribution < 1.29 is 14.3 Å². The number of hydrogen-bond acceptors (Lipinski definition) is 6. The van der Waals surface area contributed by atoms with Crippen molar-refractivity contribution in [2.24, 2.45) is 0 Å². The molecule has 1 amide bonds. The minimum atomic E-state index is -0.679. The fraction of sp³-hybridized carbons (Fsp3) is 0.471. The van der Waals surface area contributed by atoms with E-state index in [9.17, 15) is 4.79 Å². The first-order chi connectivity index (χ1) is 11.8. The molecule has 6 nitrogen and oxygen atoms in total. The maximum Gasteiger partial charge on any atom is 0.270 e. The summed E-state index contributed by atoms with van der Waals surface area (Å²) in [6, 6.07) is 7.34. The molecule has 2 heterocycles. The smallest absolute Gasteiger partial charge is 0.270 e. The molecule has 126 valence electrons. The standard InChI is InChI=1S/C17H19N3O3S/c21-15(14-10-22-12-8-4-5-9-13(12)23-14)18-17-20-19-16(24-17)11-6-2-1-3-7-11/h4-5,8-9,11,14H,1-3,6-7,10H2,(H,18,20,21)/t14-/m1/s1. The zero-order chi connectivity index (χ0) is 16.4. The van der Waals surface area contributed by atoms with E-state index in [2.05, 4.69) is 15.5 Å². The van der Waals surface area contributed by atoms with Gasteiger partial charge in [0, 0.05) is 5.92 Å². The molecule has 7 heteroatoms. The first-order valence-corrected chi connectivity index (χ1v) is 9.14. The molecule has 0 unspecified atom stereocenters. The van der Waals surface area contributed by atoms with E-state index < -0.39 is 6.10 Å². The van der Waals surface area contributed by atoms with E-state index in [1.165, 1.54) is 43.4 Å². The number of fused-ring (bicyclic) bond motifs is 1. The number of carbonyl (C=O) groups excluding carboxylic acids is 1. The number of amides is 1. The first kappa shape index (κ1) is 15.4. The van der Waals surface area contributed by atoms with E-state index in [0.29, 0.717) is 22.5 Å². The number of rotatable bonds is 3.